The Kier molecular flexibility index (Phi) is 4.79. The number of nitrogen functional groups attached to an aromatic ring is 1. The Labute approximate surface area is 152 Å². The number of aromatic nitrogens is 3. The number of hydrogen-bond donors (Lipinski definition) is 5. The molecule has 0 bridgehead atoms. The Morgan fingerprint density at radius 1 is 0.741 bits per heavy atom. The van der Waals surface area contributed by atoms with E-state index in [4.69, 9.17) is 5.73 Å². The van der Waals surface area contributed by atoms with Crippen molar-refractivity contribution in [3.8, 4) is 11.5 Å². The molecule has 0 aliphatic heterocycles. The number of aromatic hydroxyl groups is 2. The van der Waals surface area contributed by atoms with Crippen LogP contribution in [0.15, 0.2) is 48.5 Å². The molecule has 136 valence electrons. The third kappa shape index (κ3) is 4.07. The number of phenols is 2. The third-order valence-corrected chi connectivity index (χ3v) is 3.40. The Morgan fingerprint density at radius 3 is 1.56 bits per heavy atom. The first-order chi connectivity index (χ1) is 12.9. The van der Waals surface area contributed by atoms with E-state index in [1.54, 1.807) is 24.3 Å². The second-order valence-electron chi connectivity index (χ2n) is 5.28. The van der Waals surface area contributed by atoms with Crippen LogP contribution in [0.25, 0.3) is 0 Å². The van der Waals surface area contributed by atoms with Crippen molar-refractivity contribution < 1.29 is 19.8 Å². The average Bonchev–Trinajstić information content (AvgIpc) is 2.61. The minimum Gasteiger partial charge on any atom is -0.507 e. The summed E-state index contributed by atoms with van der Waals surface area (Å²) < 4.78 is 0. The summed E-state index contributed by atoms with van der Waals surface area (Å²) in [5.41, 5.74) is 5.61. The van der Waals surface area contributed by atoms with Crippen molar-refractivity contribution in [1.82, 2.24) is 15.0 Å². The molecule has 0 unspecified atom stereocenters. The number of nitrogens with two attached hydrogens (primary N) is 1. The van der Waals surface area contributed by atoms with Crippen LogP contribution in [0, 0.1) is 0 Å². The van der Waals surface area contributed by atoms with E-state index in [1.165, 1.54) is 24.3 Å². The van der Waals surface area contributed by atoms with E-state index in [1.807, 2.05) is 0 Å². The van der Waals surface area contributed by atoms with Crippen molar-refractivity contribution in [3.63, 3.8) is 0 Å². The van der Waals surface area contributed by atoms with E-state index in [9.17, 15) is 19.8 Å². The van der Waals surface area contributed by atoms with Gasteiger partial charge in [0.15, 0.2) is 0 Å². The van der Waals surface area contributed by atoms with Gasteiger partial charge in [-0.2, -0.15) is 15.0 Å². The van der Waals surface area contributed by atoms with Crippen molar-refractivity contribution in [2.24, 2.45) is 0 Å². The number of anilines is 3. The zero-order valence-corrected chi connectivity index (χ0v) is 13.7. The van der Waals surface area contributed by atoms with Crippen molar-refractivity contribution in [1.29, 1.82) is 0 Å². The van der Waals surface area contributed by atoms with Gasteiger partial charge in [0.25, 0.3) is 11.8 Å². The maximum Gasteiger partial charge on any atom is 0.261 e. The van der Waals surface area contributed by atoms with Gasteiger partial charge in [-0.05, 0) is 24.3 Å². The first-order valence-corrected chi connectivity index (χ1v) is 7.64. The number of amides is 2. The van der Waals surface area contributed by atoms with Gasteiger partial charge in [0.2, 0.25) is 17.8 Å². The smallest absolute Gasteiger partial charge is 0.261 e. The van der Waals surface area contributed by atoms with Gasteiger partial charge in [0.05, 0.1) is 11.1 Å². The molecule has 0 atom stereocenters. The van der Waals surface area contributed by atoms with Crippen LogP contribution in [-0.2, 0) is 0 Å². The first kappa shape index (κ1) is 17.6. The quantitative estimate of drug-likeness (QED) is 0.462. The van der Waals surface area contributed by atoms with Gasteiger partial charge in [-0.1, -0.05) is 24.3 Å². The second kappa shape index (κ2) is 7.35. The van der Waals surface area contributed by atoms with Crippen LogP contribution in [0.3, 0.4) is 0 Å². The molecule has 10 heteroatoms. The zero-order valence-electron chi connectivity index (χ0n) is 13.7. The SMILES string of the molecule is Nc1nc(NC(=O)c2ccccc2O)nc(NC(=O)c2ccccc2O)n1. The highest BCUT2D eigenvalue weighted by Gasteiger charge is 2.16. The molecule has 10 nitrogen and oxygen atoms in total. The summed E-state index contributed by atoms with van der Waals surface area (Å²) in [6.45, 7) is 0. The van der Waals surface area contributed by atoms with E-state index >= 15 is 0 Å². The van der Waals surface area contributed by atoms with Crippen LogP contribution in [0.1, 0.15) is 20.7 Å². The summed E-state index contributed by atoms with van der Waals surface area (Å²) in [7, 11) is 0. The molecular formula is C17H14N6O4. The van der Waals surface area contributed by atoms with E-state index < -0.39 is 11.8 Å². The average molecular weight is 366 g/mol. The lowest BCUT2D eigenvalue weighted by Crippen LogP contribution is -2.19. The van der Waals surface area contributed by atoms with E-state index in [-0.39, 0.29) is 40.5 Å². The lowest BCUT2D eigenvalue weighted by atomic mass is 10.2. The summed E-state index contributed by atoms with van der Waals surface area (Å²) in [5.74, 6) is -2.46. The molecule has 6 N–H and O–H groups in total. The Bertz CT molecular complexity index is 946. The Hall–Kier alpha value is -4.21. The molecule has 3 aromatic rings. The van der Waals surface area contributed by atoms with E-state index in [0.29, 0.717) is 0 Å². The molecule has 3 rings (SSSR count). The van der Waals surface area contributed by atoms with Crippen LogP contribution >= 0.6 is 0 Å². The first-order valence-electron chi connectivity index (χ1n) is 7.64. The van der Waals surface area contributed by atoms with Crippen molar-refractivity contribution in [3.05, 3.63) is 59.7 Å². The van der Waals surface area contributed by atoms with E-state index in [2.05, 4.69) is 25.6 Å². The molecule has 1 aromatic heterocycles. The largest absolute Gasteiger partial charge is 0.507 e. The Balaban J connectivity index is 1.80. The molecule has 2 aromatic carbocycles. The number of benzene rings is 2. The molecule has 0 fully saturated rings. The lowest BCUT2D eigenvalue weighted by Gasteiger charge is -2.09. The van der Waals surface area contributed by atoms with E-state index in [0.717, 1.165) is 0 Å². The summed E-state index contributed by atoms with van der Waals surface area (Å²) >= 11 is 0. The lowest BCUT2D eigenvalue weighted by molar-refractivity contribution is 0.101. The van der Waals surface area contributed by atoms with Gasteiger partial charge in [-0.3, -0.25) is 20.2 Å². The molecule has 2 amide bonds. The molecule has 0 saturated carbocycles. The van der Waals surface area contributed by atoms with Gasteiger partial charge in [-0.15, -0.1) is 0 Å². The number of carbonyl (C=O) groups excluding carboxylic acids is 2. The Morgan fingerprint density at radius 2 is 1.15 bits per heavy atom. The molecule has 0 radical (unpaired) electrons. The fraction of sp³-hybridized carbons (Fsp3) is 0. The highest BCUT2D eigenvalue weighted by Crippen LogP contribution is 2.19. The van der Waals surface area contributed by atoms with Gasteiger partial charge < -0.3 is 15.9 Å². The van der Waals surface area contributed by atoms with Crippen LogP contribution in [0.4, 0.5) is 17.8 Å². The summed E-state index contributed by atoms with van der Waals surface area (Å²) in [5, 5.41) is 24.2. The number of rotatable bonds is 4. The van der Waals surface area contributed by atoms with Crippen molar-refractivity contribution in [2.75, 3.05) is 16.4 Å². The number of nitrogens with zero attached hydrogens (tertiary/aromatic N) is 3. The van der Waals surface area contributed by atoms with Crippen LogP contribution < -0.4 is 16.4 Å². The van der Waals surface area contributed by atoms with Gasteiger partial charge in [0, 0.05) is 0 Å². The number of para-hydroxylation sites is 2. The molecule has 0 aliphatic rings. The summed E-state index contributed by atoms with van der Waals surface area (Å²) in [6.07, 6.45) is 0. The monoisotopic (exact) mass is 366 g/mol. The normalized spacial score (nSPS) is 10.2. The van der Waals surface area contributed by atoms with Gasteiger partial charge in [-0.25, -0.2) is 0 Å². The zero-order chi connectivity index (χ0) is 19.4. The molecule has 1 heterocycles. The minimum atomic E-state index is -0.670. The predicted molar refractivity (Wildman–Crippen MR) is 96.4 cm³/mol. The predicted octanol–water partition coefficient (Wildman–Crippen LogP) is 1.37. The highest BCUT2D eigenvalue weighted by atomic mass is 16.3. The number of hydrogen-bond acceptors (Lipinski definition) is 8. The fourth-order valence-electron chi connectivity index (χ4n) is 2.17. The maximum atomic E-state index is 12.2. The van der Waals surface area contributed by atoms with Gasteiger partial charge >= 0.3 is 0 Å². The van der Waals surface area contributed by atoms with Gasteiger partial charge in [0.1, 0.15) is 11.5 Å². The number of nitrogens with one attached hydrogen (secondary N) is 2. The third-order valence-electron chi connectivity index (χ3n) is 3.40. The highest BCUT2D eigenvalue weighted by molar-refractivity contribution is 6.06. The summed E-state index contributed by atoms with van der Waals surface area (Å²) in [4.78, 5) is 35.9. The van der Waals surface area contributed by atoms with Crippen LogP contribution in [0.5, 0.6) is 11.5 Å². The number of phenolic OH excluding ortho intramolecular Hbond substituents is 2. The molecule has 0 aliphatic carbocycles. The number of carbonyl (C=O) groups is 2. The second-order valence-corrected chi connectivity index (χ2v) is 5.28. The minimum absolute atomic E-state index is 0.0104. The van der Waals surface area contributed by atoms with Crippen molar-refractivity contribution >= 4 is 29.7 Å². The fourth-order valence-corrected chi connectivity index (χ4v) is 2.17. The maximum absolute atomic E-state index is 12.2. The van der Waals surface area contributed by atoms with Crippen LogP contribution in [-0.4, -0.2) is 37.0 Å². The standard InChI is InChI=1S/C17H14N6O4/c18-15-21-16(19-13(26)9-5-1-3-7-11(9)24)23-17(22-15)20-14(27)10-6-2-4-8-12(10)25/h1-8,24-25H,(H4,18,19,20,21,22,23,26,27). The van der Waals surface area contributed by atoms with Crippen LogP contribution in [0.2, 0.25) is 0 Å². The summed E-state index contributed by atoms with van der Waals surface area (Å²) in [6, 6.07) is 11.8. The molecule has 27 heavy (non-hydrogen) atoms. The topological polar surface area (TPSA) is 163 Å². The molecular weight excluding hydrogens is 352 g/mol. The molecule has 0 saturated heterocycles. The van der Waals surface area contributed by atoms with Crippen molar-refractivity contribution in [2.45, 2.75) is 0 Å². The molecule has 0 spiro atoms.